The molecule has 1 unspecified atom stereocenters. The Morgan fingerprint density at radius 2 is 1.48 bits per heavy atom. The van der Waals surface area contributed by atoms with E-state index in [2.05, 4.69) is 5.32 Å². The number of imide groups is 1. The monoisotopic (exact) mass is 394 g/mol. The molecule has 2 N–H and O–H groups in total. The smallest absolute Gasteiger partial charge is 0.303 e. The van der Waals surface area contributed by atoms with Crippen molar-refractivity contribution in [3.05, 3.63) is 71.3 Å². The standard InChI is InChI=1S/C22H22N2O5/c25-19(12-13-24-21(28)17-8-4-5-9-18(17)22(24)29)23-16(10-11-20(26)27)14-15-6-2-1-3-7-15/h1-9,16H,10-14H2,(H,23,25)(H,26,27). The van der Waals surface area contributed by atoms with E-state index in [-0.39, 0.29) is 31.3 Å². The highest BCUT2D eigenvalue weighted by atomic mass is 16.4. The molecule has 1 aliphatic heterocycles. The second-order valence-electron chi connectivity index (χ2n) is 6.94. The van der Waals surface area contributed by atoms with Gasteiger partial charge in [-0.25, -0.2) is 0 Å². The summed E-state index contributed by atoms with van der Waals surface area (Å²) in [4.78, 5) is 49.2. The third-order valence-electron chi connectivity index (χ3n) is 4.84. The van der Waals surface area contributed by atoms with Crippen LogP contribution in [0.1, 0.15) is 45.5 Å². The van der Waals surface area contributed by atoms with E-state index in [1.165, 1.54) is 0 Å². The second-order valence-corrected chi connectivity index (χ2v) is 6.94. The van der Waals surface area contributed by atoms with Gasteiger partial charge in [0.05, 0.1) is 11.1 Å². The summed E-state index contributed by atoms with van der Waals surface area (Å²) in [6, 6.07) is 15.7. The Bertz CT molecular complexity index is 891. The number of rotatable bonds is 9. The summed E-state index contributed by atoms with van der Waals surface area (Å²) in [6.07, 6.45) is 0.704. The Balaban J connectivity index is 1.58. The number of hydrogen-bond donors (Lipinski definition) is 2. The molecular formula is C22H22N2O5. The summed E-state index contributed by atoms with van der Waals surface area (Å²) >= 11 is 0. The van der Waals surface area contributed by atoms with Crippen molar-refractivity contribution in [3.63, 3.8) is 0 Å². The third kappa shape index (κ3) is 5.07. The lowest BCUT2D eigenvalue weighted by atomic mass is 10.0. The Morgan fingerprint density at radius 3 is 2.07 bits per heavy atom. The van der Waals surface area contributed by atoms with E-state index in [4.69, 9.17) is 5.11 Å². The van der Waals surface area contributed by atoms with E-state index in [1.807, 2.05) is 30.3 Å². The molecule has 150 valence electrons. The summed E-state index contributed by atoms with van der Waals surface area (Å²) in [7, 11) is 0. The van der Waals surface area contributed by atoms with E-state index >= 15 is 0 Å². The van der Waals surface area contributed by atoms with Gasteiger partial charge in [0.25, 0.3) is 11.8 Å². The van der Waals surface area contributed by atoms with Gasteiger partial charge >= 0.3 is 5.97 Å². The highest BCUT2D eigenvalue weighted by molar-refractivity contribution is 6.21. The highest BCUT2D eigenvalue weighted by Gasteiger charge is 2.35. The predicted molar refractivity (Wildman–Crippen MR) is 105 cm³/mol. The third-order valence-corrected chi connectivity index (χ3v) is 4.84. The molecule has 7 nitrogen and oxygen atoms in total. The lowest BCUT2D eigenvalue weighted by Gasteiger charge is -2.19. The molecule has 7 heteroatoms. The van der Waals surface area contributed by atoms with Gasteiger partial charge in [-0.1, -0.05) is 42.5 Å². The van der Waals surface area contributed by atoms with Crippen molar-refractivity contribution in [2.24, 2.45) is 0 Å². The first-order chi connectivity index (χ1) is 14.0. The van der Waals surface area contributed by atoms with Crippen LogP contribution < -0.4 is 5.32 Å². The molecule has 0 spiro atoms. The quantitative estimate of drug-likeness (QED) is 0.635. The molecule has 2 aromatic rings. The number of hydrogen-bond acceptors (Lipinski definition) is 4. The van der Waals surface area contributed by atoms with Gasteiger partial charge < -0.3 is 10.4 Å². The van der Waals surface area contributed by atoms with Crippen LogP contribution in [0, 0.1) is 0 Å². The van der Waals surface area contributed by atoms with Gasteiger partial charge in [0.2, 0.25) is 5.91 Å². The van der Waals surface area contributed by atoms with Crippen LogP contribution >= 0.6 is 0 Å². The van der Waals surface area contributed by atoms with Gasteiger partial charge in [-0.05, 0) is 30.5 Å². The van der Waals surface area contributed by atoms with Crippen molar-refractivity contribution < 1.29 is 24.3 Å². The zero-order valence-corrected chi connectivity index (χ0v) is 15.8. The van der Waals surface area contributed by atoms with E-state index in [0.29, 0.717) is 24.0 Å². The van der Waals surface area contributed by atoms with E-state index in [0.717, 1.165) is 10.5 Å². The SMILES string of the molecule is O=C(O)CCC(Cc1ccccc1)NC(=O)CCN1C(=O)c2ccccc2C1=O. The maximum Gasteiger partial charge on any atom is 0.303 e. The van der Waals surface area contributed by atoms with Crippen LogP contribution in [0.3, 0.4) is 0 Å². The second kappa shape index (κ2) is 9.14. The van der Waals surface area contributed by atoms with Crippen molar-refractivity contribution in [2.45, 2.75) is 31.7 Å². The molecule has 2 aromatic carbocycles. The number of benzene rings is 2. The van der Waals surface area contributed by atoms with Gasteiger partial charge in [-0.2, -0.15) is 0 Å². The fourth-order valence-corrected chi connectivity index (χ4v) is 3.38. The highest BCUT2D eigenvalue weighted by Crippen LogP contribution is 2.22. The van der Waals surface area contributed by atoms with Crippen molar-refractivity contribution >= 4 is 23.7 Å². The number of carboxylic acid groups (broad SMARTS) is 1. The fraction of sp³-hybridized carbons (Fsp3) is 0.273. The molecule has 1 heterocycles. The van der Waals surface area contributed by atoms with Gasteiger partial charge in [0.1, 0.15) is 0 Å². The minimum absolute atomic E-state index is 0.0187. The average Bonchev–Trinajstić information content (AvgIpc) is 2.96. The minimum atomic E-state index is -0.927. The van der Waals surface area contributed by atoms with E-state index in [9.17, 15) is 19.2 Å². The topological polar surface area (TPSA) is 104 Å². The number of nitrogens with zero attached hydrogens (tertiary/aromatic N) is 1. The predicted octanol–water partition coefficient (Wildman–Crippen LogP) is 2.27. The molecule has 0 aliphatic carbocycles. The zero-order valence-electron chi connectivity index (χ0n) is 15.8. The molecule has 0 bridgehead atoms. The Labute approximate surface area is 168 Å². The Morgan fingerprint density at radius 1 is 0.897 bits per heavy atom. The van der Waals surface area contributed by atoms with E-state index in [1.54, 1.807) is 24.3 Å². The molecule has 0 radical (unpaired) electrons. The van der Waals surface area contributed by atoms with Crippen molar-refractivity contribution in [2.75, 3.05) is 6.54 Å². The van der Waals surface area contributed by atoms with Crippen LogP contribution in [0.15, 0.2) is 54.6 Å². The molecule has 0 fully saturated rings. The van der Waals surface area contributed by atoms with Crippen LogP contribution in [0.2, 0.25) is 0 Å². The summed E-state index contributed by atoms with van der Waals surface area (Å²) in [6.45, 7) is -0.0187. The summed E-state index contributed by atoms with van der Waals surface area (Å²) < 4.78 is 0. The molecule has 29 heavy (non-hydrogen) atoms. The van der Waals surface area contributed by atoms with Crippen LogP contribution in [0.25, 0.3) is 0 Å². The Hall–Kier alpha value is -3.48. The first-order valence-electron chi connectivity index (χ1n) is 9.46. The zero-order chi connectivity index (χ0) is 20.8. The van der Waals surface area contributed by atoms with Crippen LogP contribution in [0.5, 0.6) is 0 Å². The number of carbonyl (C=O) groups is 4. The van der Waals surface area contributed by atoms with Gasteiger partial charge in [-0.15, -0.1) is 0 Å². The first kappa shape index (κ1) is 20.3. The van der Waals surface area contributed by atoms with Gasteiger partial charge in [0, 0.05) is 25.4 Å². The fourth-order valence-electron chi connectivity index (χ4n) is 3.38. The number of aliphatic carboxylic acids is 1. The number of carboxylic acids is 1. The van der Waals surface area contributed by atoms with Crippen LogP contribution in [0.4, 0.5) is 0 Å². The molecule has 1 aliphatic rings. The lowest BCUT2D eigenvalue weighted by Crippen LogP contribution is -2.39. The molecule has 3 rings (SSSR count). The largest absolute Gasteiger partial charge is 0.481 e. The van der Waals surface area contributed by atoms with Crippen molar-refractivity contribution in [1.82, 2.24) is 10.2 Å². The summed E-state index contributed by atoms with van der Waals surface area (Å²) in [5.41, 5.74) is 1.69. The maximum absolute atomic E-state index is 12.4. The molecule has 0 saturated carbocycles. The normalized spacial score (nSPS) is 13.9. The van der Waals surface area contributed by atoms with Gasteiger partial charge in [-0.3, -0.25) is 24.1 Å². The first-order valence-corrected chi connectivity index (χ1v) is 9.46. The van der Waals surface area contributed by atoms with Crippen molar-refractivity contribution in [3.8, 4) is 0 Å². The Kier molecular flexibility index (Phi) is 6.39. The number of carbonyl (C=O) groups excluding carboxylic acids is 3. The molecule has 0 aromatic heterocycles. The molecule has 0 saturated heterocycles. The minimum Gasteiger partial charge on any atom is -0.481 e. The molecular weight excluding hydrogens is 372 g/mol. The van der Waals surface area contributed by atoms with E-state index < -0.39 is 17.8 Å². The maximum atomic E-state index is 12.4. The number of nitrogens with one attached hydrogen (secondary N) is 1. The molecule has 3 amide bonds. The number of amides is 3. The van der Waals surface area contributed by atoms with Crippen molar-refractivity contribution in [1.29, 1.82) is 0 Å². The van der Waals surface area contributed by atoms with Crippen LogP contribution in [-0.4, -0.2) is 46.3 Å². The summed E-state index contributed by atoms with van der Waals surface area (Å²) in [5.74, 6) is -2.05. The summed E-state index contributed by atoms with van der Waals surface area (Å²) in [5, 5.41) is 11.8. The lowest BCUT2D eigenvalue weighted by molar-refractivity contribution is -0.137. The average molecular weight is 394 g/mol. The van der Waals surface area contributed by atoms with Crippen LogP contribution in [-0.2, 0) is 16.0 Å². The molecule has 1 atom stereocenters. The van der Waals surface area contributed by atoms with Gasteiger partial charge in [0.15, 0.2) is 0 Å². The number of fused-ring (bicyclic) bond motifs is 1.